The smallest absolute Gasteiger partial charge is 0.253 e. The third-order valence-electron chi connectivity index (χ3n) is 8.38. The van der Waals surface area contributed by atoms with E-state index in [9.17, 15) is 19.5 Å². The monoisotopic (exact) mass is 523 g/mol. The summed E-state index contributed by atoms with van der Waals surface area (Å²) in [6.07, 6.45) is 4.83. The van der Waals surface area contributed by atoms with Gasteiger partial charge in [-0.1, -0.05) is 31.2 Å². The first kappa shape index (κ1) is 28.0. The minimum atomic E-state index is -1.12. The van der Waals surface area contributed by atoms with Crippen LogP contribution in [0.25, 0.3) is 0 Å². The lowest BCUT2D eigenvalue weighted by Gasteiger charge is -2.38. The van der Waals surface area contributed by atoms with Gasteiger partial charge in [0.05, 0.1) is 30.6 Å². The van der Waals surface area contributed by atoms with E-state index in [-0.39, 0.29) is 30.9 Å². The third-order valence-corrected chi connectivity index (χ3v) is 8.38. The first-order valence-corrected chi connectivity index (χ1v) is 13.7. The maximum atomic E-state index is 14.5. The molecule has 1 aromatic carbocycles. The van der Waals surface area contributed by atoms with Crippen LogP contribution in [-0.2, 0) is 19.1 Å². The Kier molecular flexibility index (Phi) is 8.14. The van der Waals surface area contributed by atoms with Gasteiger partial charge in [-0.25, -0.2) is 0 Å². The molecule has 4 rings (SSSR count). The van der Waals surface area contributed by atoms with E-state index in [1.54, 1.807) is 28.9 Å². The van der Waals surface area contributed by atoms with Crippen molar-refractivity contribution in [3.8, 4) is 0 Å². The first-order valence-electron chi connectivity index (χ1n) is 13.7. The summed E-state index contributed by atoms with van der Waals surface area (Å²) in [4.78, 5) is 47.4. The molecule has 3 aliphatic rings. The topological polar surface area (TPSA) is 90.4 Å². The van der Waals surface area contributed by atoms with E-state index in [0.29, 0.717) is 25.9 Å². The summed E-state index contributed by atoms with van der Waals surface area (Å²) in [5.41, 5.74) is 1.56. The van der Waals surface area contributed by atoms with Gasteiger partial charge in [-0.05, 0) is 57.2 Å². The minimum absolute atomic E-state index is 0.126. The maximum Gasteiger partial charge on any atom is 0.253 e. The molecule has 3 saturated heterocycles. The van der Waals surface area contributed by atoms with E-state index in [2.05, 4.69) is 13.2 Å². The van der Waals surface area contributed by atoms with E-state index in [1.165, 1.54) is 4.90 Å². The van der Waals surface area contributed by atoms with Gasteiger partial charge >= 0.3 is 0 Å². The molecule has 2 bridgehead atoms. The van der Waals surface area contributed by atoms with Crippen molar-refractivity contribution in [1.29, 1.82) is 0 Å². The molecule has 1 aromatic rings. The number of likely N-dealkylation sites (tertiary alicyclic amines) is 1. The van der Waals surface area contributed by atoms with Crippen LogP contribution in [0, 0.1) is 25.7 Å². The van der Waals surface area contributed by atoms with Crippen LogP contribution >= 0.6 is 0 Å². The van der Waals surface area contributed by atoms with Crippen molar-refractivity contribution in [2.45, 2.75) is 70.7 Å². The van der Waals surface area contributed by atoms with Crippen molar-refractivity contribution in [2.75, 3.05) is 31.1 Å². The Morgan fingerprint density at radius 3 is 2.58 bits per heavy atom. The molecule has 1 spiro atoms. The van der Waals surface area contributed by atoms with Gasteiger partial charge in [0.15, 0.2) is 0 Å². The Bertz CT molecular complexity index is 1120. The van der Waals surface area contributed by atoms with Crippen LogP contribution in [0.2, 0.25) is 0 Å². The largest absolute Gasteiger partial charge is 0.394 e. The average Bonchev–Trinajstić information content (AvgIpc) is 3.55. The molecule has 3 amide bonds. The zero-order valence-electron chi connectivity index (χ0n) is 23.1. The summed E-state index contributed by atoms with van der Waals surface area (Å²) in [6, 6.07) is 4.35. The molecule has 6 atom stereocenters. The fourth-order valence-corrected chi connectivity index (χ4v) is 6.74. The molecule has 1 N–H and O–H groups in total. The van der Waals surface area contributed by atoms with Crippen molar-refractivity contribution in [3.63, 3.8) is 0 Å². The van der Waals surface area contributed by atoms with Crippen LogP contribution in [0.4, 0.5) is 5.69 Å². The number of aryl methyl sites for hydroxylation is 2. The number of rotatable bonds is 11. The Labute approximate surface area is 225 Å². The van der Waals surface area contributed by atoms with Gasteiger partial charge in [0, 0.05) is 25.3 Å². The minimum Gasteiger partial charge on any atom is -0.394 e. The molecule has 0 aromatic heterocycles. The average molecular weight is 524 g/mol. The van der Waals surface area contributed by atoms with E-state index >= 15 is 0 Å². The molecule has 8 heteroatoms. The Hall–Kier alpha value is -2.97. The maximum absolute atomic E-state index is 14.5. The molecule has 0 radical (unpaired) electrons. The van der Waals surface area contributed by atoms with Crippen molar-refractivity contribution < 1.29 is 24.2 Å². The quantitative estimate of drug-likeness (QED) is 0.451. The van der Waals surface area contributed by atoms with Gasteiger partial charge in [0.2, 0.25) is 11.8 Å². The lowest BCUT2D eigenvalue weighted by molar-refractivity contribution is -0.147. The molecule has 8 nitrogen and oxygen atoms in total. The van der Waals surface area contributed by atoms with Crippen molar-refractivity contribution in [1.82, 2.24) is 9.80 Å². The van der Waals surface area contributed by atoms with E-state index in [0.717, 1.165) is 23.2 Å². The van der Waals surface area contributed by atoms with Gasteiger partial charge in [-0.2, -0.15) is 0 Å². The summed E-state index contributed by atoms with van der Waals surface area (Å²) in [5, 5.41) is 10.1. The zero-order chi connectivity index (χ0) is 27.8. The van der Waals surface area contributed by atoms with Crippen LogP contribution in [0.15, 0.2) is 43.5 Å². The number of nitrogens with zero attached hydrogens (tertiary/aromatic N) is 3. The van der Waals surface area contributed by atoms with Crippen LogP contribution in [0.1, 0.15) is 44.2 Å². The van der Waals surface area contributed by atoms with Gasteiger partial charge < -0.3 is 24.5 Å². The van der Waals surface area contributed by atoms with Crippen LogP contribution < -0.4 is 4.90 Å². The molecule has 38 heavy (non-hydrogen) atoms. The number of aliphatic hydroxyl groups is 1. The number of hydrogen-bond acceptors (Lipinski definition) is 5. The lowest BCUT2D eigenvalue weighted by atomic mass is 9.70. The highest BCUT2D eigenvalue weighted by Crippen LogP contribution is 2.59. The lowest BCUT2D eigenvalue weighted by Crippen LogP contribution is -2.58. The van der Waals surface area contributed by atoms with Crippen molar-refractivity contribution >= 4 is 23.4 Å². The second-order valence-corrected chi connectivity index (χ2v) is 10.9. The highest BCUT2D eigenvalue weighted by atomic mass is 16.5. The van der Waals surface area contributed by atoms with Gasteiger partial charge in [-0.3, -0.25) is 14.4 Å². The number of amides is 3. The summed E-state index contributed by atoms with van der Waals surface area (Å²) in [7, 11) is 0. The Balaban J connectivity index is 1.80. The number of carbonyl (C=O) groups excluding carboxylic acids is 3. The molecule has 3 fully saturated rings. The normalized spacial score (nSPS) is 28.2. The summed E-state index contributed by atoms with van der Waals surface area (Å²) >= 11 is 0. The molecule has 0 saturated carbocycles. The second-order valence-electron chi connectivity index (χ2n) is 10.9. The predicted octanol–water partition coefficient (Wildman–Crippen LogP) is 3.00. The number of aliphatic hydroxyl groups excluding tert-OH is 1. The SMILES string of the molecule is C=CCN(CCC)C(=O)[C@@H]1[C@H]2C(=O)N([C@H](C)CO)C(C(=O)N(CC=C)c3cc(C)ccc3C)C23CC[C@H]1O3. The second kappa shape index (κ2) is 11.0. The summed E-state index contributed by atoms with van der Waals surface area (Å²) in [6.45, 7) is 16.2. The standard InChI is InChI=1S/C30H41N3O5/c1-7-14-31(15-8-2)27(35)24-23-12-13-30(38-23)25(24)28(36)33(21(6)18-34)26(30)29(37)32(16-9-3)22-17-19(4)10-11-20(22)5/h7,9-11,17,21,23-26,34H,1,3,8,12-16,18H2,2,4-6H3/t21-,23-,24+,25+,26?,30?/m1/s1. The molecule has 3 heterocycles. The Morgan fingerprint density at radius 1 is 1.24 bits per heavy atom. The van der Waals surface area contributed by atoms with Gasteiger partial charge in [0.25, 0.3) is 5.91 Å². The number of anilines is 1. The molecular formula is C30H41N3O5. The van der Waals surface area contributed by atoms with Crippen LogP contribution in [0.3, 0.4) is 0 Å². The van der Waals surface area contributed by atoms with Gasteiger partial charge in [0.1, 0.15) is 11.6 Å². The number of carbonyl (C=O) groups is 3. The van der Waals surface area contributed by atoms with Crippen molar-refractivity contribution in [3.05, 3.63) is 54.6 Å². The van der Waals surface area contributed by atoms with Gasteiger partial charge in [-0.15, -0.1) is 13.2 Å². The summed E-state index contributed by atoms with van der Waals surface area (Å²) in [5.74, 6) is -2.13. The van der Waals surface area contributed by atoms with E-state index in [4.69, 9.17) is 4.74 Å². The molecule has 2 unspecified atom stereocenters. The highest BCUT2D eigenvalue weighted by molar-refractivity contribution is 6.05. The zero-order valence-corrected chi connectivity index (χ0v) is 23.1. The molecular weight excluding hydrogens is 482 g/mol. The molecule has 3 aliphatic heterocycles. The predicted molar refractivity (Wildman–Crippen MR) is 147 cm³/mol. The molecule has 206 valence electrons. The number of benzene rings is 1. The van der Waals surface area contributed by atoms with Crippen LogP contribution in [0.5, 0.6) is 0 Å². The number of hydrogen-bond donors (Lipinski definition) is 1. The fraction of sp³-hybridized carbons (Fsp3) is 0.567. The first-order chi connectivity index (χ1) is 18.2. The van der Waals surface area contributed by atoms with Crippen molar-refractivity contribution in [2.24, 2.45) is 11.8 Å². The molecule has 0 aliphatic carbocycles. The van der Waals surface area contributed by atoms with Crippen LogP contribution in [-0.4, -0.2) is 82.7 Å². The third kappa shape index (κ3) is 4.37. The number of ether oxygens (including phenoxy) is 1. The highest BCUT2D eigenvalue weighted by Gasteiger charge is 2.75. The van der Waals surface area contributed by atoms with E-state index < -0.39 is 35.6 Å². The van der Waals surface area contributed by atoms with E-state index in [1.807, 2.05) is 39.0 Å². The number of fused-ring (bicyclic) bond motifs is 1. The Morgan fingerprint density at radius 2 is 1.95 bits per heavy atom. The summed E-state index contributed by atoms with van der Waals surface area (Å²) < 4.78 is 6.58. The fourth-order valence-electron chi connectivity index (χ4n) is 6.74.